The molecule has 0 spiro atoms. The van der Waals surface area contributed by atoms with E-state index in [1.807, 2.05) is 0 Å². The molecule has 0 heterocycles. The predicted octanol–water partition coefficient (Wildman–Crippen LogP) is 1.65. The summed E-state index contributed by atoms with van der Waals surface area (Å²) in [7, 11) is 0. The summed E-state index contributed by atoms with van der Waals surface area (Å²) in [6.07, 6.45) is 0. The van der Waals surface area contributed by atoms with Gasteiger partial charge in [-0.25, -0.2) is 9.18 Å². The summed E-state index contributed by atoms with van der Waals surface area (Å²) in [5.41, 5.74) is -0.949. The summed E-state index contributed by atoms with van der Waals surface area (Å²) in [5, 5.41) is 3.06. The van der Waals surface area contributed by atoms with Gasteiger partial charge in [0.1, 0.15) is 5.82 Å². The van der Waals surface area contributed by atoms with Crippen LogP contribution in [0.5, 0.6) is 0 Å². The van der Waals surface area contributed by atoms with Crippen molar-refractivity contribution < 1.29 is 18.7 Å². The van der Waals surface area contributed by atoms with E-state index in [2.05, 4.69) is 25.8 Å². The van der Waals surface area contributed by atoms with Crippen LogP contribution in [0.1, 0.15) is 17.3 Å². The highest BCUT2D eigenvalue weighted by molar-refractivity contribution is 9.10. The highest BCUT2D eigenvalue weighted by Crippen LogP contribution is 2.16. The first kappa shape index (κ1) is 14.3. The minimum absolute atomic E-state index is 0.0616. The number of hydrogen-bond donors (Lipinski definition) is 1. The Morgan fingerprint density at radius 2 is 2.17 bits per heavy atom. The second kappa shape index (κ2) is 6.25. The molecule has 0 fully saturated rings. The number of halogens is 2. The topological polar surface area (TPSA) is 81.8 Å². The van der Waals surface area contributed by atoms with Crippen molar-refractivity contribution in [1.82, 2.24) is 0 Å². The number of Topliss-reactive ketones (excluding diaryl/α,β-unsaturated/α-hetero) is 1. The second-order valence-electron chi connectivity index (χ2n) is 3.15. The van der Waals surface area contributed by atoms with Crippen molar-refractivity contribution >= 4 is 33.4 Å². The second-order valence-corrected chi connectivity index (χ2v) is 4.07. The van der Waals surface area contributed by atoms with Crippen LogP contribution in [0.3, 0.4) is 0 Å². The maximum Gasteiger partial charge on any atom is 0.362 e. The molecule has 0 amide bonds. The van der Waals surface area contributed by atoms with E-state index in [1.165, 1.54) is 12.1 Å². The van der Waals surface area contributed by atoms with E-state index in [0.717, 1.165) is 6.07 Å². The number of nitrogens with zero attached hydrogens (tertiary/aromatic N) is 1. The lowest BCUT2D eigenvalue weighted by molar-refractivity contribution is -0.134. The van der Waals surface area contributed by atoms with Crippen LogP contribution in [0.2, 0.25) is 0 Å². The minimum atomic E-state index is -0.982. The van der Waals surface area contributed by atoms with Crippen molar-refractivity contribution in [1.29, 1.82) is 0 Å². The van der Waals surface area contributed by atoms with Crippen LogP contribution in [-0.2, 0) is 9.53 Å². The molecule has 0 radical (unpaired) electrons. The first-order chi connectivity index (χ1) is 8.51. The molecule has 1 aromatic carbocycles. The molecule has 0 aliphatic heterocycles. The Bertz CT molecular complexity index is 517. The molecule has 0 atom stereocenters. The maximum absolute atomic E-state index is 13.5. The van der Waals surface area contributed by atoms with E-state index in [1.54, 1.807) is 6.92 Å². The number of hydrogen-bond acceptors (Lipinski definition) is 5. The third-order valence-corrected chi connectivity index (χ3v) is 2.48. The zero-order valence-electron chi connectivity index (χ0n) is 9.44. The van der Waals surface area contributed by atoms with Gasteiger partial charge >= 0.3 is 5.97 Å². The first-order valence-electron chi connectivity index (χ1n) is 4.96. The molecule has 0 unspecified atom stereocenters. The molecule has 5 nitrogen and oxygen atoms in total. The van der Waals surface area contributed by atoms with Crippen molar-refractivity contribution in [3.05, 3.63) is 34.1 Å². The van der Waals surface area contributed by atoms with Gasteiger partial charge in [-0.3, -0.25) is 4.79 Å². The third-order valence-electron chi connectivity index (χ3n) is 1.99. The van der Waals surface area contributed by atoms with Crippen molar-refractivity contribution in [3.8, 4) is 0 Å². The monoisotopic (exact) mass is 316 g/mol. The van der Waals surface area contributed by atoms with Crippen LogP contribution in [0.4, 0.5) is 4.39 Å². The van der Waals surface area contributed by atoms with Gasteiger partial charge in [0.25, 0.3) is 0 Å². The van der Waals surface area contributed by atoms with Gasteiger partial charge in [0.2, 0.25) is 11.5 Å². The van der Waals surface area contributed by atoms with Crippen LogP contribution in [-0.4, -0.2) is 24.1 Å². The van der Waals surface area contributed by atoms with Crippen molar-refractivity contribution in [3.63, 3.8) is 0 Å². The Kier molecular flexibility index (Phi) is 4.96. The van der Waals surface area contributed by atoms with E-state index < -0.39 is 23.3 Å². The fraction of sp³-hybridized carbons (Fsp3) is 0.182. The lowest BCUT2D eigenvalue weighted by Gasteiger charge is -2.05. The summed E-state index contributed by atoms with van der Waals surface area (Å²) in [6, 6.07) is 3.76. The maximum atomic E-state index is 13.5. The van der Waals surface area contributed by atoms with Crippen LogP contribution in [0, 0.1) is 5.82 Å². The molecule has 0 saturated carbocycles. The standard InChI is InChI=1S/C11H10BrFN2O3/c1-2-18-11(17)9(15-14)10(16)7-5-6(12)3-4-8(7)13/h3-5H,2,14H2,1H3/b15-9-. The van der Waals surface area contributed by atoms with E-state index in [9.17, 15) is 14.0 Å². The normalized spacial score (nSPS) is 11.2. The Balaban J connectivity index is 3.12. The molecular weight excluding hydrogens is 307 g/mol. The molecule has 1 aromatic rings. The summed E-state index contributed by atoms with van der Waals surface area (Å²) in [4.78, 5) is 23.3. The fourth-order valence-corrected chi connectivity index (χ4v) is 1.56. The lowest BCUT2D eigenvalue weighted by Crippen LogP contribution is -2.28. The molecule has 0 saturated heterocycles. The van der Waals surface area contributed by atoms with E-state index in [4.69, 9.17) is 5.84 Å². The van der Waals surface area contributed by atoms with Crippen LogP contribution in [0.15, 0.2) is 27.8 Å². The largest absolute Gasteiger partial charge is 0.461 e. The molecule has 0 bridgehead atoms. The number of carbonyl (C=O) groups is 2. The lowest BCUT2D eigenvalue weighted by atomic mass is 10.1. The summed E-state index contributed by atoms with van der Waals surface area (Å²) < 4.78 is 18.6. The van der Waals surface area contributed by atoms with E-state index >= 15 is 0 Å². The molecule has 0 aromatic heterocycles. The number of esters is 1. The summed E-state index contributed by atoms with van der Waals surface area (Å²) >= 11 is 3.10. The SMILES string of the molecule is CCOC(=O)/C(=N\N)C(=O)c1cc(Br)ccc1F. The summed E-state index contributed by atoms with van der Waals surface area (Å²) in [5.74, 6) is 2.29. The Morgan fingerprint density at radius 1 is 1.50 bits per heavy atom. The van der Waals surface area contributed by atoms with Crippen LogP contribution in [0.25, 0.3) is 0 Å². The molecule has 18 heavy (non-hydrogen) atoms. The molecule has 96 valence electrons. The fourth-order valence-electron chi connectivity index (χ4n) is 1.20. The molecule has 2 N–H and O–H groups in total. The van der Waals surface area contributed by atoms with Gasteiger partial charge in [-0.2, -0.15) is 5.10 Å². The number of ether oxygens (including phenoxy) is 1. The van der Waals surface area contributed by atoms with Gasteiger partial charge < -0.3 is 10.6 Å². The number of ketones is 1. The zero-order chi connectivity index (χ0) is 13.7. The average molecular weight is 317 g/mol. The number of nitrogens with two attached hydrogens (primary N) is 1. The molecule has 0 aliphatic rings. The van der Waals surface area contributed by atoms with Gasteiger partial charge in [-0.1, -0.05) is 15.9 Å². The van der Waals surface area contributed by atoms with Crippen molar-refractivity contribution in [2.75, 3.05) is 6.61 Å². The van der Waals surface area contributed by atoms with Gasteiger partial charge in [-0.05, 0) is 25.1 Å². The number of rotatable bonds is 4. The average Bonchev–Trinajstić information content (AvgIpc) is 2.33. The number of carbonyl (C=O) groups excluding carboxylic acids is 2. The van der Waals surface area contributed by atoms with E-state index in [0.29, 0.717) is 4.47 Å². The molecule has 7 heteroatoms. The predicted molar refractivity (Wildman–Crippen MR) is 66.7 cm³/mol. The Morgan fingerprint density at radius 3 is 2.72 bits per heavy atom. The van der Waals surface area contributed by atoms with Crippen molar-refractivity contribution in [2.45, 2.75) is 6.92 Å². The van der Waals surface area contributed by atoms with Gasteiger partial charge in [0.05, 0.1) is 12.2 Å². The highest BCUT2D eigenvalue weighted by atomic mass is 79.9. The quantitative estimate of drug-likeness (QED) is 0.229. The van der Waals surface area contributed by atoms with Gasteiger partial charge in [0, 0.05) is 4.47 Å². The molecule has 1 rings (SSSR count). The summed E-state index contributed by atoms with van der Waals surface area (Å²) in [6.45, 7) is 1.63. The molecular formula is C11H10BrFN2O3. The minimum Gasteiger partial charge on any atom is -0.461 e. The zero-order valence-corrected chi connectivity index (χ0v) is 11.0. The molecule has 0 aliphatic carbocycles. The number of benzene rings is 1. The van der Waals surface area contributed by atoms with Crippen LogP contribution >= 0.6 is 15.9 Å². The Labute approximate surface area is 111 Å². The van der Waals surface area contributed by atoms with Gasteiger partial charge in [-0.15, -0.1) is 0 Å². The third kappa shape index (κ3) is 3.13. The Hall–Kier alpha value is -1.76. The van der Waals surface area contributed by atoms with E-state index in [-0.39, 0.29) is 12.2 Å². The van der Waals surface area contributed by atoms with Crippen molar-refractivity contribution in [2.24, 2.45) is 10.9 Å². The van der Waals surface area contributed by atoms with Gasteiger partial charge in [0.15, 0.2) is 0 Å². The number of hydrazone groups is 1. The highest BCUT2D eigenvalue weighted by Gasteiger charge is 2.25. The smallest absolute Gasteiger partial charge is 0.362 e. The first-order valence-corrected chi connectivity index (χ1v) is 5.75. The van der Waals surface area contributed by atoms with Crippen LogP contribution < -0.4 is 5.84 Å².